The van der Waals surface area contributed by atoms with E-state index in [0.717, 1.165) is 0 Å². The van der Waals surface area contributed by atoms with Crippen molar-refractivity contribution in [2.24, 2.45) is 11.7 Å². The predicted octanol–water partition coefficient (Wildman–Crippen LogP) is 2.54. The molecule has 1 amide bonds. The lowest BCUT2D eigenvalue weighted by Crippen LogP contribution is -2.69. The minimum absolute atomic E-state index is 0.0482. The van der Waals surface area contributed by atoms with Gasteiger partial charge in [-0.3, -0.25) is 4.79 Å². The zero-order valence-corrected chi connectivity index (χ0v) is 11.7. The Balaban J connectivity index is 1.65. The van der Waals surface area contributed by atoms with Crippen LogP contribution in [0.2, 0.25) is 0 Å². The molecule has 0 unspecified atom stereocenters. The van der Waals surface area contributed by atoms with Gasteiger partial charge < -0.3 is 10.6 Å². The Bertz CT molecular complexity index is 733. The number of rotatable bonds is 2. The van der Waals surface area contributed by atoms with E-state index in [2.05, 4.69) is 0 Å². The van der Waals surface area contributed by atoms with Crippen molar-refractivity contribution in [3.63, 3.8) is 0 Å². The maximum Gasteiger partial charge on any atom is 0.254 e. The first-order valence-corrected chi connectivity index (χ1v) is 7.34. The average molecular weight is 284 g/mol. The number of nitrogens with two attached hydrogens (primary N) is 1. The van der Waals surface area contributed by atoms with Gasteiger partial charge in [0.25, 0.3) is 5.91 Å². The highest BCUT2D eigenvalue weighted by molar-refractivity contribution is 6.07. The summed E-state index contributed by atoms with van der Waals surface area (Å²) in [5.41, 5.74) is 6.67. The molecule has 21 heavy (non-hydrogen) atoms. The lowest BCUT2D eigenvalue weighted by Gasteiger charge is -2.48. The Morgan fingerprint density at radius 1 is 1.14 bits per heavy atom. The summed E-state index contributed by atoms with van der Waals surface area (Å²) in [5, 5.41) is 1.16. The number of hydrogen-bond donors (Lipinski definition) is 1. The molecule has 2 aromatic carbocycles. The molecule has 4 heteroatoms. The Hall–Kier alpha value is -1.94. The number of fused-ring (bicyclic) bond motifs is 1. The molecule has 0 atom stereocenters. The summed E-state index contributed by atoms with van der Waals surface area (Å²) >= 11 is 0. The van der Waals surface area contributed by atoms with Crippen LogP contribution in [-0.2, 0) is 0 Å². The summed E-state index contributed by atoms with van der Waals surface area (Å²) in [7, 11) is 0. The first-order valence-electron chi connectivity index (χ1n) is 7.34. The lowest BCUT2D eigenvalue weighted by molar-refractivity contribution is 0.0352. The van der Waals surface area contributed by atoms with E-state index in [-0.39, 0.29) is 17.3 Å². The van der Waals surface area contributed by atoms with Gasteiger partial charge >= 0.3 is 0 Å². The first kappa shape index (κ1) is 12.8. The molecule has 1 saturated carbocycles. The quantitative estimate of drug-likeness (QED) is 0.921. The van der Waals surface area contributed by atoms with Gasteiger partial charge in [-0.15, -0.1) is 0 Å². The second-order valence-corrected chi connectivity index (χ2v) is 6.31. The largest absolute Gasteiger partial charge is 0.335 e. The Kier molecular flexibility index (Phi) is 2.60. The summed E-state index contributed by atoms with van der Waals surface area (Å²) in [6.45, 7) is 1.23. The highest BCUT2D eigenvalue weighted by Gasteiger charge is 2.51. The van der Waals surface area contributed by atoms with E-state index < -0.39 is 0 Å². The van der Waals surface area contributed by atoms with Crippen LogP contribution in [0.1, 0.15) is 23.2 Å². The Labute approximate surface area is 122 Å². The van der Waals surface area contributed by atoms with Crippen LogP contribution < -0.4 is 5.73 Å². The SMILES string of the molecule is NC1(C2CC2)CN(C(=O)c2ccc(F)c3ccccc23)C1. The van der Waals surface area contributed by atoms with E-state index in [0.29, 0.717) is 35.3 Å². The van der Waals surface area contributed by atoms with Crippen molar-refractivity contribution in [2.75, 3.05) is 13.1 Å². The normalized spacial score (nSPS) is 20.4. The number of likely N-dealkylation sites (tertiary alicyclic amines) is 1. The van der Waals surface area contributed by atoms with Crippen LogP contribution in [0.15, 0.2) is 36.4 Å². The number of benzene rings is 2. The third kappa shape index (κ3) is 1.94. The molecule has 0 spiro atoms. The van der Waals surface area contributed by atoms with Crippen molar-refractivity contribution in [3.05, 3.63) is 47.8 Å². The maximum absolute atomic E-state index is 13.8. The molecule has 108 valence electrons. The van der Waals surface area contributed by atoms with Gasteiger partial charge in [-0.05, 0) is 36.3 Å². The van der Waals surface area contributed by atoms with E-state index in [4.69, 9.17) is 5.73 Å². The molecule has 3 nitrogen and oxygen atoms in total. The van der Waals surface area contributed by atoms with E-state index in [9.17, 15) is 9.18 Å². The third-order valence-corrected chi connectivity index (χ3v) is 4.75. The fraction of sp³-hybridized carbons (Fsp3) is 0.353. The molecule has 0 bridgehead atoms. The molecule has 2 N–H and O–H groups in total. The molecule has 1 aliphatic heterocycles. The Morgan fingerprint density at radius 3 is 2.48 bits per heavy atom. The molecule has 2 fully saturated rings. The standard InChI is InChI=1S/C17H17FN2O/c18-15-8-7-14(12-3-1-2-4-13(12)15)16(21)20-9-17(19,10-20)11-5-6-11/h1-4,7-8,11H,5-6,9-10,19H2. The summed E-state index contributed by atoms with van der Waals surface area (Å²) in [5.74, 6) is 0.233. The molecule has 1 aliphatic carbocycles. The first-order chi connectivity index (χ1) is 10.1. The zero-order valence-electron chi connectivity index (χ0n) is 11.7. The van der Waals surface area contributed by atoms with Gasteiger partial charge in [-0.25, -0.2) is 4.39 Å². The van der Waals surface area contributed by atoms with Crippen molar-refractivity contribution < 1.29 is 9.18 Å². The maximum atomic E-state index is 13.8. The third-order valence-electron chi connectivity index (χ3n) is 4.75. The van der Waals surface area contributed by atoms with Crippen LogP contribution in [0.5, 0.6) is 0 Å². The molecule has 2 aliphatic rings. The van der Waals surface area contributed by atoms with Crippen molar-refractivity contribution in [3.8, 4) is 0 Å². The van der Waals surface area contributed by atoms with E-state index >= 15 is 0 Å². The number of amides is 1. The number of hydrogen-bond acceptors (Lipinski definition) is 2. The van der Waals surface area contributed by atoms with Crippen LogP contribution in [0.3, 0.4) is 0 Å². The number of halogens is 1. The molecule has 1 saturated heterocycles. The van der Waals surface area contributed by atoms with E-state index in [1.54, 1.807) is 29.2 Å². The monoisotopic (exact) mass is 284 g/mol. The summed E-state index contributed by atoms with van der Waals surface area (Å²) in [6.07, 6.45) is 2.36. The van der Waals surface area contributed by atoms with Gasteiger partial charge in [0, 0.05) is 24.0 Å². The number of carbonyl (C=O) groups is 1. The predicted molar refractivity (Wildman–Crippen MR) is 79.5 cm³/mol. The molecule has 2 aromatic rings. The fourth-order valence-electron chi connectivity index (χ4n) is 3.34. The molecule has 1 heterocycles. The van der Waals surface area contributed by atoms with Crippen LogP contribution in [0.25, 0.3) is 10.8 Å². The zero-order chi connectivity index (χ0) is 14.6. The van der Waals surface area contributed by atoms with E-state index in [1.807, 2.05) is 6.07 Å². The van der Waals surface area contributed by atoms with Crippen molar-refractivity contribution in [1.82, 2.24) is 4.90 Å². The summed E-state index contributed by atoms with van der Waals surface area (Å²) < 4.78 is 13.8. The number of nitrogens with zero attached hydrogens (tertiary/aromatic N) is 1. The smallest absolute Gasteiger partial charge is 0.254 e. The van der Waals surface area contributed by atoms with Gasteiger partial charge in [0.05, 0.1) is 5.54 Å². The van der Waals surface area contributed by atoms with Crippen LogP contribution >= 0.6 is 0 Å². The second-order valence-electron chi connectivity index (χ2n) is 6.31. The molecule has 0 aromatic heterocycles. The van der Waals surface area contributed by atoms with Gasteiger partial charge in [-0.1, -0.05) is 24.3 Å². The highest BCUT2D eigenvalue weighted by atomic mass is 19.1. The van der Waals surface area contributed by atoms with Gasteiger partial charge in [0.15, 0.2) is 0 Å². The summed E-state index contributed by atoms with van der Waals surface area (Å²) in [6, 6.07) is 10.0. The minimum Gasteiger partial charge on any atom is -0.335 e. The average Bonchev–Trinajstić information content (AvgIpc) is 3.29. The van der Waals surface area contributed by atoms with Crippen LogP contribution in [0.4, 0.5) is 4.39 Å². The molecular formula is C17H17FN2O. The van der Waals surface area contributed by atoms with Gasteiger partial charge in [0.1, 0.15) is 5.82 Å². The molecule has 0 radical (unpaired) electrons. The topological polar surface area (TPSA) is 46.3 Å². The van der Waals surface area contributed by atoms with Crippen LogP contribution in [0, 0.1) is 11.7 Å². The lowest BCUT2D eigenvalue weighted by atomic mass is 9.85. The van der Waals surface area contributed by atoms with Gasteiger partial charge in [-0.2, -0.15) is 0 Å². The molecular weight excluding hydrogens is 267 g/mol. The summed E-state index contributed by atoms with van der Waals surface area (Å²) in [4.78, 5) is 14.4. The number of carbonyl (C=O) groups excluding carboxylic acids is 1. The van der Waals surface area contributed by atoms with Crippen LogP contribution in [-0.4, -0.2) is 29.4 Å². The minimum atomic E-state index is -0.295. The molecule has 4 rings (SSSR count). The van der Waals surface area contributed by atoms with Crippen molar-refractivity contribution in [1.29, 1.82) is 0 Å². The highest BCUT2D eigenvalue weighted by Crippen LogP contribution is 2.43. The fourth-order valence-corrected chi connectivity index (χ4v) is 3.34. The van der Waals surface area contributed by atoms with Crippen molar-refractivity contribution >= 4 is 16.7 Å². The van der Waals surface area contributed by atoms with Gasteiger partial charge in [0.2, 0.25) is 0 Å². The van der Waals surface area contributed by atoms with Crippen molar-refractivity contribution in [2.45, 2.75) is 18.4 Å². The van der Waals surface area contributed by atoms with E-state index in [1.165, 1.54) is 18.9 Å². The Morgan fingerprint density at radius 2 is 1.81 bits per heavy atom. The second kappa shape index (κ2) is 4.28.